The van der Waals surface area contributed by atoms with E-state index >= 15 is 0 Å². The topological polar surface area (TPSA) is 17.1 Å². The van der Waals surface area contributed by atoms with E-state index in [0.29, 0.717) is 18.1 Å². The van der Waals surface area contributed by atoms with Gasteiger partial charge in [-0.2, -0.15) is 0 Å². The van der Waals surface area contributed by atoms with Crippen molar-refractivity contribution in [2.24, 2.45) is 0 Å². The highest BCUT2D eigenvalue weighted by molar-refractivity contribution is 5.99. The molecular weight excluding hydrogens is 232 g/mol. The van der Waals surface area contributed by atoms with Gasteiger partial charge in [0.25, 0.3) is 0 Å². The number of hydrogen-bond acceptors (Lipinski definition) is 1. The van der Waals surface area contributed by atoms with E-state index in [2.05, 4.69) is 43.3 Å². The zero-order valence-electron chi connectivity index (χ0n) is 11.4. The summed E-state index contributed by atoms with van der Waals surface area (Å²) in [6, 6.07) is 15.0. The SMILES string of the molecule is Cc1ccc([C@@H]2CCC(=O)c3cc(C)ccc32)cc1. The van der Waals surface area contributed by atoms with E-state index in [0.717, 1.165) is 17.5 Å². The normalized spacial score (nSPS) is 18.2. The summed E-state index contributed by atoms with van der Waals surface area (Å²) in [7, 11) is 0. The lowest BCUT2D eigenvalue weighted by Crippen LogP contribution is -2.16. The Balaban J connectivity index is 2.08. The lowest BCUT2D eigenvalue weighted by molar-refractivity contribution is 0.0969. The highest BCUT2D eigenvalue weighted by atomic mass is 16.1. The van der Waals surface area contributed by atoms with Gasteiger partial charge in [0.1, 0.15) is 0 Å². The quantitative estimate of drug-likeness (QED) is 0.732. The molecule has 0 bridgehead atoms. The third-order valence-corrected chi connectivity index (χ3v) is 4.02. The third-order valence-electron chi connectivity index (χ3n) is 4.02. The Morgan fingerprint density at radius 2 is 1.63 bits per heavy atom. The smallest absolute Gasteiger partial charge is 0.163 e. The van der Waals surface area contributed by atoms with E-state index in [9.17, 15) is 4.79 Å². The van der Waals surface area contributed by atoms with Crippen molar-refractivity contribution in [2.45, 2.75) is 32.6 Å². The van der Waals surface area contributed by atoms with Crippen molar-refractivity contribution in [2.75, 3.05) is 0 Å². The molecule has 0 aliphatic heterocycles. The highest BCUT2D eigenvalue weighted by Gasteiger charge is 2.26. The molecule has 0 saturated carbocycles. The van der Waals surface area contributed by atoms with Crippen molar-refractivity contribution < 1.29 is 4.79 Å². The summed E-state index contributed by atoms with van der Waals surface area (Å²) < 4.78 is 0. The lowest BCUT2D eigenvalue weighted by atomic mass is 9.78. The van der Waals surface area contributed by atoms with Crippen LogP contribution in [-0.4, -0.2) is 5.78 Å². The third kappa shape index (κ3) is 2.21. The number of fused-ring (bicyclic) bond motifs is 1. The zero-order valence-corrected chi connectivity index (χ0v) is 11.4. The standard InChI is InChI=1S/C18H18O/c1-12-3-6-14(7-4-12)15-9-10-18(19)17-11-13(2)5-8-16(15)17/h3-8,11,15H,9-10H2,1-2H3/t15-/m0/s1. The van der Waals surface area contributed by atoms with Crippen molar-refractivity contribution in [3.63, 3.8) is 0 Å². The highest BCUT2D eigenvalue weighted by Crippen LogP contribution is 2.36. The van der Waals surface area contributed by atoms with Gasteiger partial charge in [-0.05, 0) is 37.5 Å². The second-order valence-electron chi connectivity index (χ2n) is 5.52. The first-order chi connectivity index (χ1) is 9.15. The summed E-state index contributed by atoms with van der Waals surface area (Å²) in [4.78, 5) is 12.1. The van der Waals surface area contributed by atoms with Crippen LogP contribution in [0.5, 0.6) is 0 Å². The van der Waals surface area contributed by atoms with Gasteiger partial charge >= 0.3 is 0 Å². The molecule has 1 aliphatic carbocycles. The molecule has 0 unspecified atom stereocenters. The first-order valence-corrected chi connectivity index (χ1v) is 6.85. The number of benzene rings is 2. The first-order valence-electron chi connectivity index (χ1n) is 6.85. The van der Waals surface area contributed by atoms with Crippen molar-refractivity contribution >= 4 is 5.78 Å². The van der Waals surface area contributed by atoms with Crippen molar-refractivity contribution in [1.82, 2.24) is 0 Å². The second kappa shape index (κ2) is 4.65. The fourth-order valence-corrected chi connectivity index (χ4v) is 2.93. The average Bonchev–Trinajstić information content (AvgIpc) is 2.41. The molecule has 0 spiro atoms. The van der Waals surface area contributed by atoms with Crippen molar-refractivity contribution in [3.05, 3.63) is 70.3 Å². The van der Waals surface area contributed by atoms with Crippen LogP contribution in [0.4, 0.5) is 0 Å². The van der Waals surface area contributed by atoms with Gasteiger partial charge in [-0.3, -0.25) is 4.79 Å². The van der Waals surface area contributed by atoms with Crippen molar-refractivity contribution in [3.8, 4) is 0 Å². The molecule has 2 aromatic rings. The summed E-state index contributed by atoms with van der Waals surface area (Å²) in [5.74, 6) is 0.663. The van der Waals surface area contributed by atoms with Gasteiger partial charge in [-0.25, -0.2) is 0 Å². The Kier molecular flexibility index (Phi) is 2.98. The van der Waals surface area contributed by atoms with E-state index in [1.165, 1.54) is 16.7 Å². The largest absolute Gasteiger partial charge is 0.294 e. The molecule has 0 N–H and O–H groups in total. The zero-order chi connectivity index (χ0) is 13.4. The Morgan fingerprint density at radius 1 is 0.947 bits per heavy atom. The second-order valence-corrected chi connectivity index (χ2v) is 5.52. The average molecular weight is 250 g/mol. The van der Waals surface area contributed by atoms with Gasteiger partial charge < -0.3 is 0 Å². The number of aryl methyl sites for hydroxylation is 2. The number of ketones is 1. The molecule has 1 nitrogen and oxygen atoms in total. The Morgan fingerprint density at radius 3 is 2.37 bits per heavy atom. The number of carbonyl (C=O) groups excluding carboxylic acids is 1. The maximum Gasteiger partial charge on any atom is 0.163 e. The van der Waals surface area contributed by atoms with Crippen molar-refractivity contribution in [1.29, 1.82) is 0 Å². The molecule has 0 radical (unpaired) electrons. The number of carbonyl (C=O) groups is 1. The predicted octanol–water partition coefficient (Wildman–Crippen LogP) is 4.41. The van der Waals surface area contributed by atoms with Crippen LogP contribution >= 0.6 is 0 Å². The van der Waals surface area contributed by atoms with Crippen LogP contribution in [0.2, 0.25) is 0 Å². The molecule has 0 heterocycles. The number of hydrogen-bond donors (Lipinski definition) is 0. The Bertz CT molecular complexity index is 623. The van der Waals surface area contributed by atoms with Crippen LogP contribution in [0.1, 0.15) is 51.4 Å². The minimum atomic E-state index is 0.294. The van der Waals surface area contributed by atoms with Crippen LogP contribution in [0.3, 0.4) is 0 Å². The van der Waals surface area contributed by atoms with Gasteiger partial charge in [0, 0.05) is 17.9 Å². The van der Waals surface area contributed by atoms with Crippen LogP contribution in [0.15, 0.2) is 42.5 Å². The van der Waals surface area contributed by atoms with Gasteiger partial charge in [0.05, 0.1) is 0 Å². The number of rotatable bonds is 1. The van der Waals surface area contributed by atoms with Crippen LogP contribution in [0.25, 0.3) is 0 Å². The molecule has 2 aromatic carbocycles. The summed E-state index contributed by atoms with van der Waals surface area (Å²) >= 11 is 0. The summed E-state index contributed by atoms with van der Waals surface area (Å²) in [6.07, 6.45) is 1.59. The number of Topliss-reactive ketones (excluding diaryl/α,β-unsaturated/α-hetero) is 1. The molecule has 0 aromatic heterocycles. The molecule has 1 aliphatic rings. The van der Waals surface area contributed by atoms with E-state index in [4.69, 9.17) is 0 Å². The molecule has 0 fully saturated rings. The lowest BCUT2D eigenvalue weighted by Gasteiger charge is -2.25. The van der Waals surface area contributed by atoms with E-state index in [1.54, 1.807) is 0 Å². The molecule has 1 atom stereocenters. The first kappa shape index (κ1) is 12.2. The summed E-state index contributed by atoms with van der Waals surface area (Å²) in [6.45, 7) is 4.15. The van der Waals surface area contributed by atoms with Gasteiger partial charge in [-0.1, -0.05) is 47.5 Å². The molecule has 96 valence electrons. The minimum absolute atomic E-state index is 0.294. The fraction of sp³-hybridized carbons (Fsp3) is 0.278. The van der Waals surface area contributed by atoms with Gasteiger partial charge in [0.15, 0.2) is 5.78 Å². The molecule has 0 saturated heterocycles. The van der Waals surface area contributed by atoms with E-state index < -0.39 is 0 Å². The fourth-order valence-electron chi connectivity index (χ4n) is 2.93. The van der Waals surface area contributed by atoms with Crippen LogP contribution in [-0.2, 0) is 0 Å². The molecule has 19 heavy (non-hydrogen) atoms. The predicted molar refractivity (Wildman–Crippen MR) is 77.8 cm³/mol. The summed E-state index contributed by atoms with van der Waals surface area (Å²) in [5.41, 5.74) is 5.89. The molecule has 0 amide bonds. The van der Waals surface area contributed by atoms with Crippen LogP contribution in [0, 0.1) is 13.8 Å². The Hall–Kier alpha value is -1.89. The summed E-state index contributed by atoms with van der Waals surface area (Å²) in [5, 5.41) is 0. The van der Waals surface area contributed by atoms with Crippen LogP contribution < -0.4 is 0 Å². The monoisotopic (exact) mass is 250 g/mol. The maximum atomic E-state index is 12.1. The molecular formula is C18H18O. The van der Waals surface area contributed by atoms with Gasteiger partial charge in [-0.15, -0.1) is 0 Å². The maximum absolute atomic E-state index is 12.1. The van der Waals surface area contributed by atoms with E-state index in [1.807, 2.05) is 13.0 Å². The Labute approximate surface area is 114 Å². The molecule has 1 heteroatoms. The molecule has 3 rings (SSSR count). The minimum Gasteiger partial charge on any atom is -0.294 e. The van der Waals surface area contributed by atoms with E-state index in [-0.39, 0.29) is 0 Å². The van der Waals surface area contributed by atoms with Gasteiger partial charge in [0.2, 0.25) is 0 Å².